The van der Waals surface area contributed by atoms with Crippen molar-refractivity contribution in [1.82, 2.24) is 0 Å². The van der Waals surface area contributed by atoms with Gasteiger partial charge in [-0.25, -0.2) is 10.4 Å². The summed E-state index contributed by atoms with van der Waals surface area (Å²) < 4.78 is 0. The van der Waals surface area contributed by atoms with E-state index >= 15 is 0 Å². The first kappa shape index (κ1) is 9.08. The van der Waals surface area contributed by atoms with Crippen LogP contribution in [-0.2, 0) is 0 Å². The molecular weight excluding hydrogens is 196 g/mol. The van der Waals surface area contributed by atoms with E-state index < -0.39 is 0 Å². The fraction of sp³-hybridized carbons (Fsp3) is 0.0714. The topological polar surface area (TPSA) is 36.2 Å². The van der Waals surface area contributed by atoms with E-state index in [1.807, 2.05) is 12.1 Å². The van der Waals surface area contributed by atoms with Crippen LogP contribution in [0, 0.1) is 5.41 Å². The lowest BCUT2D eigenvalue weighted by Crippen LogP contribution is -1.98. The van der Waals surface area contributed by atoms with Crippen LogP contribution in [0.2, 0.25) is 0 Å². The molecule has 1 aliphatic rings. The van der Waals surface area contributed by atoms with Gasteiger partial charge in [0.25, 0.3) is 0 Å². The fourth-order valence-corrected chi connectivity index (χ4v) is 2.27. The number of hydrogen-bond donors (Lipinski definition) is 1. The lowest BCUT2D eigenvalue weighted by atomic mass is 9.90. The second kappa shape index (κ2) is 3.44. The van der Waals surface area contributed by atoms with Gasteiger partial charge >= 0.3 is 0 Å². The molecule has 0 saturated carbocycles. The number of nitrogens with one attached hydrogen (secondary N) is 1. The predicted molar refractivity (Wildman–Crippen MR) is 65.9 cm³/mol. The van der Waals surface area contributed by atoms with E-state index in [4.69, 9.17) is 5.41 Å². The van der Waals surface area contributed by atoms with Gasteiger partial charge in [-0.05, 0) is 21.9 Å². The minimum Gasteiger partial charge on any atom is -0.242 e. The third-order valence-corrected chi connectivity index (χ3v) is 2.95. The summed E-state index contributed by atoms with van der Waals surface area (Å²) in [5.41, 5.74) is 2.39. The van der Waals surface area contributed by atoms with Gasteiger partial charge in [0.15, 0.2) is 0 Å². The Bertz CT molecular complexity index is 629. The Morgan fingerprint density at radius 3 is 2.75 bits per heavy atom. The molecule has 1 aliphatic carbocycles. The van der Waals surface area contributed by atoms with Crippen LogP contribution in [0.1, 0.15) is 17.2 Å². The first-order valence-corrected chi connectivity index (χ1v) is 5.21. The highest BCUT2D eigenvalue weighted by molar-refractivity contribution is 5.95. The van der Waals surface area contributed by atoms with Crippen LogP contribution in [-0.4, -0.2) is 6.01 Å². The SMILES string of the molecule is N=C=NC1C=Cc2cccc3cccc1c23. The van der Waals surface area contributed by atoms with Crippen molar-refractivity contribution in [3.63, 3.8) is 0 Å². The van der Waals surface area contributed by atoms with Crippen LogP contribution in [0.15, 0.2) is 47.5 Å². The average molecular weight is 206 g/mol. The molecule has 0 aliphatic heterocycles. The minimum atomic E-state index is -0.0592. The van der Waals surface area contributed by atoms with E-state index in [2.05, 4.69) is 47.4 Å². The summed E-state index contributed by atoms with van der Waals surface area (Å²) in [6.45, 7) is 0. The molecule has 0 amide bonds. The molecule has 2 aromatic carbocycles. The maximum Gasteiger partial charge on any atom is 0.105 e. The summed E-state index contributed by atoms with van der Waals surface area (Å²) in [5.74, 6) is 0. The standard InChI is InChI=1S/C14H10N2/c15-9-16-13-8-7-11-4-1-3-10-5-2-6-12(13)14(10)11/h1-8,13,15H. The maximum atomic E-state index is 6.96. The molecule has 2 nitrogen and oxygen atoms in total. The molecule has 2 aromatic rings. The van der Waals surface area contributed by atoms with Gasteiger partial charge in [-0.3, -0.25) is 0 Å². The molecule has 0 bridgehead atoms. The predicted octanol–water partition coefficient (Wildman–Crippen LogP) is 3.66. The zero-order chi connectivity index (χ0) is 11.0. The number of hydrogen-bond acceptors (Lipinski definition) is 2. The highest BCUT2D eigenvalue weighted by Crippen LogP contribution is 2.34. The molecular formula is C14H10N2. The van der Waals surface area contributed by atoms with Crippen LogP contribution in [0.3, 0.4) is 0 Å². The van der Waals surface area contributed by atoms with Crippen LogP contribution in [0.4, 0.5) is 0 Å². The Balaban J connectivity index is 2.40. The van der Waals surface area contributed by atoms with Crippen LogP contribution in [0.5, 0.6) is 0 Å². The molecule has 2 heteroatoms. The monoisotopic (exact) mass is 206 g/mol. The van der Waals surface area contributed by atoms with Crippen molar-refractivity contribution in [3.05, 3.63) is 53.6 Å². The zero-order valence-corrected chi connectivity index (χ0v) is 8.64. The Morgan fingerprint density at radius 1 is 1.12 bits per heavy atom. The van der Waals surface area contributed by atoms with Gasteiger partial charge in [-0.2, -0.15) is 0 Å². The Hall–Kier alpha value is -2.18. The summed E-state index contributed by atoms with van der Waals surface area (Å²) in [4.78, 5) is 4.04. The quantitative estimate of drug-likeness (QED) is 0.691. The van der Waals surface area contributed by atoms with Gasteiger partial charge in [0.1, 0.15) is 6.04 Å². The Labute approximate surface area is 93.5 Å². The minimum absolute atomic E-state index is 0.0592. The van der Waals surface area contributed by atoms with Gasteiger partial charge in [-0.15, -0.1) is 0 Å². The van der Waals surface area contributed by atoms with Gasteiger partial charge in [0.05, 0.1) is 6.01 Å². The van der Waals surface area contributed by atoms with Crippen LogP contribution in [0.25, 0.3) is 16.8 Å². The highest BCUT2D eigenvalue weighted by Gasteiger charge is 2.15. The number of rotatable bonds is 1. The first-order valence-electron chi connectivity index (χ1n) is 5.21. The summed E-state index contributed by atoms with van der Waals surface area (Å²) in [5, 5.41) is 9.44. The van der Waals surface area contributed by atoms with E-state index in [1.165, 1.54) is 16.3 Å². The van der Waals surface area contributed by atoms with Crippen molar-refractivity contribution in [2.24, 2.45) is 4.99 Å². The third-order valence-electron chi connectivity index (χ3n) is 2.95. The number of benzene rings is 2. The molecule has 0 aromatic heterocycles. The van der Waals surface area contributed by atoms with Crippen molar-refractivity contribution in [3.8, 4) is 0 Å². The normalized spacial score (nSPS) is 17.1. The molecule has 1 atom stereocenters. The molecule has 16 heavy (non-hydrogen) atoms. The van der Waals surface area contributed by atoms with E-state index in [1.54, 1.807) is 0 Å². The van der Waals surface area contributed by atoms with Crippen molar-refractivity contribution >= 4 is 22.9 Å². The molecule has 1 N–H and O–H groups in total. The largest absolute Gasteiger partial charge is 0.242 e. The Morgan fingerprint density at radius 2 is 1.94 bits per heavy atom. The summed E-state index contributed by atoms with van der Waals surface area (Å²) >= 11 is 0. The molecule has 0 spiro atoms. The molecule has 76 valence electrons. The van der Waals surface area contributed by atoms with E-state index in [0.717, 1.165) is 5.56 Å². The zero-order valence-electron chi connectivity index (χ0n) is 8.64. The first-order chi connectivity index (χ1) is 7.90. The molecule has 0 radical (unpaired) electrons. The number of aliphatic imine (C=N–C) groups is 1. The van der Waals surface area contributed by atoms with Crippen molar-refractivity contribution in [2.45, 2.75) is 6.04 Å². The lowest BCUT2D eigenvalue weighted by Gasteiger charge is -2.17. The number of nitrogens with zero attached hydrogens (tertiary/aromatic N) is 1. The van der Waals surface area contributed by atoms with E-state index in [-0.39, 0.29) is 6.04 Å². The fourth-order valence-electron chi connectivity index (χ4n) is 2.27. The van der Waals surface area contributed by atoms with E-state index in [9.17, 15) is 0 Å². The van der Waals surface area contributed by atoms with Crippen molar-refractivity contribution < 1.29 is 0 Å². The summed E-state index contributed by atoms with van der Waals surface area (Å²) in [6.07, 6.45) is 4.08. The van der Waals surface area contributed by atoms with Gasteiger partial charge in [0, 0.05) is 0 Å². The van der Waals surface area contributed by atoms with Gasteiger partial charge in [-0.1, -0.05) is 48.6 Å². The lowest BCUT2D eigenvalue weighted by molar-refractivity contribution is 0.927. The van der Waals surface area contributed by atoms with Crippen LogP contribution >= 0.6 is 0 Å². The molecule has 3 rings (SSSR count). The summed E-state index contributed by atoms with van der Waals surface area (Å²) in [7, 11) is 0. The second-order valence-corrected chi connectivity index (χ2v) is 3.84. The van der Waals surface area contributed by atoms with E-state index in [0.29, 0.717) is 0 Å². The van der Waals surface area contributed by atoms with Crippen LogP contribution < -0.4 is 0 Å². The van der Waals surface area contributed by atoms with Crippen molar-refractivity contribution in [1.29, 1.82) is 5.41 Å². The highest BCUT2D eigenvalue weighted by atomic mass is 14.8. The molecule has 1 unspecified atom stereocenters. The average Bonchev–Trinajstić information content (AvgIpc) is 2.33. The van der Waals surface area contributed by atoms with Gasteiger partial charge in [0.2, 0.25) is 0 Å². The second-order valence-electron chi connectivity index (χ2n) is 3.84. The smallest absolute Gasteiger partial charge is 0.105 e. The third kappa shape index (κ3) is 1.21. The molecule has 0 heterocycles. The Kier molecular flexibility index (Phi) is 1.95. The van der Waals surface area contributed by atoms with Gasteiger partial charge < -0.3 is 0 Å². The maximum absolute atomic E-state index is 6.96. The summed E-state index contributed by atoms with van der Waals surface area (Å²) in [6, 6.07) is 14.6. The molecule has 0 saturated heterocycles. The van der Waals surface area contributed by atoms with Crippen molar-refractivity contribution in [2.75, 3.05) is 0 Å². The molecule has 0 fully saturated rings.